The van der Waals surface area contributed by atoms with Gasteiger partial charge in [0.15, 0.2) is 0 Å². The summed E-state index contributed by atoms with van der Waals surface area (Å²) in [4.78, 5) is 12.1. The van der Waals surface area contributed by atoms with Gasteiger partial charge >= 0.3 is 0 Å². The summed E-state index contributed by atoms with van der Waals surface area (Å²) in [6.45, 7) is -0.321. The number of benzene rings is 2. The molecule has 25 heavy (non-hydrogen) atoms. The molecule has 134 valence electrons. The van der Waals surface area contributed by atoms with Crippen molar-refractivity contribution < 1.29 is 17.9 Å². The molecular weight excluding hydrogens is 479 g/mol. The number of methoxy groups -OCH3 is 1. The van der Waals surface area contributed by atoms with Gasteiger partial charge in [0.05, 0.1) is 23.6 Å². The minimum absolute atomic E-state index is 0.0112. The van der Waals surface area contributed by atoms with E-state index in [9.17, 15) is 13.2 Å². The third-order valence-electron chi connectivity index (χ3n) is 3.33. The van der Waals surface area contributed by atoms with Crippen LogP contribution in [-0.4, -0.2) is 39.3 Å². The van der Waals surface area contributed by atoms with E-state index < -0.39 is 15.9 Å². The van der Waals surface area contributed by atoms with Crippen molar-refractivity contribution in [2.75, 3.05) is 26.0 Å². The van der Waals surface area contributed by atoms with E-state index >= 15 is 0 Å². The average Bonchev–Trinajstić information content (AvgIpc) is 2.56. The molecule has 0 aliphatic heterocycles. The number of nitrogens with one attached hydrogen (secondary N) is 1. The van der Waals surface area contributed by atoms with Crippen LogP contribution in [0.3, 0.4) is 0 Å². The maximum atomic E-state index is 12.6. The Bertz CT molecular complexity index is 872. The Balaban J connectivity index is 2.10. The highest BCUT2D eigenvalue weighted by atomic mass is 127. The number of halogens is 2. The van der Waals surface area contributed by atoms with Crippen LogP contribution >= 0.6 is 34.2 Å². The van der Waals surface area contributed by atoms with Gasteiger partial charge in [0, 0.05) is 16.3 Å². The third-order valence-corrected chi connectivity index (χ3v) is 6.14. The summed E-state index contributed by atoms with van der Waals surface area (Å²) in [6, 6.07) is 11.3. The molecule has 0 radical (unpaired) electrons. The van der Waals surface area contributed by atoms with Crippen LogP contribution in [0.5, 0.6) is 5.75 Å². The van der Waals surface area contributed by atoms with E-state index in [4.69, 9.17) is 16.3 Å². The van der Waals surface area contributed by atoms with Crippen molar-refractivity contribution in [2.24, 2.45) is 0 Å². The lowest BCUT2D eigenvalue weighted by atomic mass is 10.3. The minimum Gasteiger partial charge on any atom is -0.495 e. The summed E-state index contributed by atoms with van der Waals surface area (Å²) >= 11 is 8.13. The van der Waals surface area contributed by atoms with Gasteiger partial charge in [-0.1, -0.05) is 11.6 Å². The predicted octanol–water partition coefficient (Wildman–Crippen LogP) is 3.21. The molecule has 2 rings (SSSR count). The van der Waals surface area contributed by atoms with Gasteiger partial charge in [0.2, 0.25) is 15.9 Å². The predicted molar refractivity (Wildman–Crippen MR) is 106 cm³/mol. The second kappa shape index (κ2) is 8.35. The number of amides is 1. The molecule has 0 aliphatic rings. The molecule has 0 unspecified atom stereocenters. The lowest BCUT2D eigenvalue weighted by Crippen LogP contribution is -2.35. The summed E-state index contributed by atoms with van der Waals surface area (Å²) in [5, 5.41) is 2.84. The van der Waals surface area contributed by atoms with Crippen molar-refractivity contribution in [2.45, 2.75) is 4.90 Å². The van der Waals surface area contributed by atoms with E-state index in [1.54, 1.807) is 12.1 Å². The van der Waals surface area contributed by atoms with E-state index in [1.807, 2.05) is 12.1 Å². The van der Waals surface area contributed by atoms with Crippen LogP contribution in [-0.2, 0) is 14.8 Å². The largest absolute Gasteiger partial charge is 0.495 e. The van der Waals surface area contributed by atoms with Crippen molar-refractivity contribution in [3.05, 3.63) is 51.1 Å². The van der Waals surface area contributed by atoms with E-state index in [1.165, 1.54) is 32.4 Å². The van der Waals surface area contributed by atoms with Gasteiger partial charge in [0.1, 0.15) is 5.75 Å². The normalized spacial score (nSPS) is 11.4. The van der Waals surface area contributed by atoms with Crippen LogP contribution in [0.1, 0.15) is 0 Å². The van der Waals surface area contributed by atoms with Gasteiger partial charge in [0.25, 0.3) is 0 Å². The Morgan fingerprint density at radius 2 is 1.88 bits per heavy atom. The number of sulfonamides is 1. The first kappa shape index (κ1) is 20.0. The lowest BCUT2D eigenvalue weighted by molar-refractivity contribution is -0.116. The Labute approximate surface area is 165 Å². The van der Waals surface area contributed by atoms with Crippen LogP contribution in [0, 0.1) is 3.57 Å². The summed E-state index contributed by atoms with van der Waals surface area (Å²) < 4.78 is 32.1. The molecule has 0 saturated heterocycles. The highest BCUT2D eigenvalue weighted by Gasteiger charge is 2.24. The first-order valence-electron chi connectivity index (χ1n) is 7.09. The van der Waals surface area contributed by atoms with Gasteiger partial charge in [-0.25, -0.2) is 8.42 Å². The van der Waals surface area contributed by atoms with Gasteiger partial charge < -0.3 is 10.1 Å². The van der Waals surface area contributed by atoms with Crippen LogP contribution in [0.4, 0.5) is 5.69 Å². The SMILES string of the molecule is COc1ccc(S(=O)(=O)N(C)CC(=O)Nc2ccc(I)cc2)cc1Cl. The summed E-state index contributed by atoms with van der Waals surface area (Å²) in [7, 11) is -1.07. The molecule has 0 heterocycles. The Morgan fingerprint density at radius 1 is 1.24 bits per heavy atom. The first-order chi connectivity index (χ1) is 11.7. The Hall–Kier alpha value is -1.36. The molecule has 9 heteroatoms. The van der Waals surface area contributed by atoms with Crippen molar-refractivity contribution in [3.63, 3.8) is 0 Å². The van der Waals surface area contributed by atoms with Gasteiger partial charge in [-0.05, 0) is 65.1 Å². The zero-order valence-electron chi connectivity index (χ0n) is 13.5. The number of rotatable bonds is 6. The molecule has 0 fully saturated rings. The van der Waals surface area contributed by atoms with Crippen molar-refractivity contribution in [3.8, 4) is 5.75 Å². The number of nitrogens with zero attached hydrogens (tertiary/aromatic N) is 1. The van der Waals surface area contributed by atoms with Gasteiger partial charge in [-0.2, -0.15) is 4.31 Å². The standard InChI is InChI=1S/C16H16ClIN2O4S/c1-20(10-16(21)19-12-5-3-11(18)4-6-12)25(22,23)13-7-8-15(24-2)14(17)9-13/h3-9H,10H2,1-2H3,(H,19,21). The monoisotopic (exact) mass is 494 g/mol. The average molecular weight is 495 g/mol. The van der Waals surface area contributed by atoms with Crippen LogP contribution in [0.2, 0.25) is 5.02 Å². The Morgan fingerprint density at radius 3 is 2.44 bits per heavy atom. The lowest BCUT2D eigenvalue weighted by Gasteiger charge is -2.17. The second-order valence-corrected chi connectivity index (χ2v) is 8.81. The van der Waals surface area contributed by atoms with Crippen LogP contribution in [0.15, 0.2) is 47.4 Å². The number of likely N-dealkylation sites (N-methyl/N-ethyl adjacent to an activating group) is 1. The van der Waals surface area contributed by atoms with E-state index in [2.05, 4.69) is 27.9 Å². The molecule has 0 aromatic heterocycles. The third kappa shape index (κ3) is 5.06. The molecule has 2 aromatic carbocycles. The molecule has 1 N–H and O–H groups in total. The van der Waals surface area contributed by atoms with Gasteiger partial charge in [-0.15, -0.1) is 0 Å². The molecule has 0 atom stereocenters. The quantitative estimate of drug-likeness (QED) is 0.626. The highest BCUT2D eigenvalue weighted by molar-refractivity contribution is 14.1. The zero-order valence-corrected chi connectivity index (χ0v) is 17.2. The molecular formula is C16H16ClIN2O4S. The highest BCUT2D eigenvalue weighted by Crippen LogP contribution is 2.28. The molecule has 0 bridgehead atoms. The van der Waals surface area contributed by atoms with Crippen molar-refractivity contribution >= 4 is 55.8 Å². The maximum absolute atomic E-state index is 12.6. The number of carbonyl (C=O) groups is 1. The topological polar surface area (TPSA) is 75.7 Å². The second-order valence-electron chi connectivity index (χ2n) is 5.11. The Kier molecular flexibility index (Phi) is 6.66. The fourth-order valence-electron chi connectivity index (χ4n) is 2.01. The number of carbonyl (C=O) groups excluding carboxylic acids is 1. The van der Waals surface area contributed by atoms with E-state index in [0.29, 0.717) is 11.4 Å². The number of ether oxygens (including phenoxy) is 1. The molecule has 0 spiro atoms. The molecule has 0 saturated carbocycles. The van der Waals surface area contributed by atoms with E-state index in [0.717, 1.165) is 7.88 Å². The number of anilines is 1. The van der Waals surface area contributed by atoms with Crippen molar-refractivity contribution in [1.82, 2.24) is 4.31 Å². The summed E-state index contributed by atoms with van der Waals surface area (Å²) in [5.41, 5.74) is 0.601. The van der Waals surface area contributed by atoms with Crippen LogP contribution in [0.25, 0.3) is 0 Å². The van der Waals surface area contributed by atoms with Gasteiger partial charge in [-0.3, -0.25) is 4.79 Å². The molecule has 6 nitrogen and oxygen atoms in total. The van der Waals surface area contributed by atoms with Crippen molar-refractivity contribution in [1.29, 1.82) is 0 Å². The molecule has 0 aliphatic carbocycles. The van der Waals surface area contributed by atoms with Crippen LogP contribution < -0.4 is 10.1 Å². The zero-order chi connectivity index (χ0) is 18.6. The summed E-state index contributed by atoms with van der Waals surface area (Å²) in [6.07, 6.45) is 0. The smallest absolute Gasteiger partial charge is 0.243 e. The maximum Gasteiger partial charge on any atom is 0.243 e. The molecule has 2 aromatic rings. The molecule has 1 amide bonds. The van der Waals surface area contributed by atoms with E-state index in [-0.39, 0.29) is 16.5 Å². The number of hydrogen-bond donors (Lipinski definition) is 1. The minimum atomic E-state index is -3.85. The number of hydrogen-bond acceptors (Lipinski definition) is 4. The first-order valence-corrected chi connectivity index (χ1v) is 9.99. The fraction of sp³-hybridized carbons (Fsp3) is 0.188. The fourth-order valence-corrected chi connectivity index (χ4v) is 3.84. The summed E-state index contributed by atoms with van der Waals surface area (Å²) in [5.74, 6) is -0.0633.